The highest BCUT2D eigenvalue weighted by Gasteiger charge is 2.29. The summed E-state index contributed by atoms with van der Waals surface area (Å²) in [6.45, 7) is 2.32. The second-order valence-electron chi connectivity index (χ2n) is 3.22. The lowest BCUT2D eigenvalue weighted by Crippen LogP contribution is -2.26. The molecule has 5 heteroatoms. The molecular formula is C12H13BrO4. The van der Waals surface area contributed by atoms with Crippen LogP contribution in [0.5, 0.6) is 0 Å². The number of carbonyl (C=O) groups excluding carboxylic acids is 2. The Balaban J connectivity index is 2.85. The van der Waals surface area contributed by atoms with Gasteiger partial charge in [-0.15, -0.1) is 0 Å². The summed E-state index contributed by atoms with van der Waals surface area (Å²) in [7, 11) is 0. The van der Waals surface area contributed by atoms with E-state index >= 15 is 0 Å². The van der Waals surface area contributed by atoms with E-state index in [1.165, 1.54) is 0 Å². The third-order valence-electron chi connectivity index (χ3n) is 2.11. The Labute approximate surface area is 108 Å². The molecule has 17 heavy (non-hydrogen) atoms. The van der Waals surface area contributed by atoms with Gasteiger partial charge in [0.15, 0.2) is 4.83 Å². The highest BCUT2D eigenvalue weighted by molar-refractivity contribution is 9.10. The largest absolute Gasteiger partial charge is 0.465 e. The monoisotopic (exact) mass is 300 g/mol. The lowest BCUT2D eigenvalue weighted by molar-refractivity contribution is -0.147. The van der Waals surface area contributed by atoms with E-state index in [-0.39, 0.29) is 6.61 Å². The van der Waals surface area contributed by atoms with Gasteiger partial charge < -0.3 is 9.47 Å². The highest BCUT2D eigenvalue weighted by atomic mass is 79.9. The fraction of sp³-hybridized carbons (Fsp3) is 0.333. The summed E-state index contributed by atoms with van der Waals surface area (Å²) in [6.07, 6.45) is -0.687. The molecule has 0 amide bonds. The van der Waals surface area contributed by atoms with Gasteiger partial charge in [-0.1, -0.05) is 46.3 Å². The average molecular weight is 301 g/mol. The zero-order valence-electron chi connectivity index (χ0n) is 9.34. The topological polar surface area (TPSA) is 52.6 Å². The molecule has 1 aromatic carbocycles. The molecule has 2 atom stereocenters. The average Bonchev–Trinajstić information content (AvgIpc) is 2.36. The summed E-state index contributed by atoms with van der Waals surface area (Å²) in [5.74, 6) is -0.455. The van der Waals surface area contributed by atoms with E-state index in [4.69, 9.17) is 9.47 Å². The summed E-state index contributed by atoms with van der Waals surface area (Å²) < 4.78 is 9.80. The zero-order chi connectivity index (χ0) is 12.7. The van der Waals surface area contributed by atoms with Gasteiger partial charge >= 0.3 is 5.97 Å². The molecule has 0 bridgehead atoms. The van der Waals surface area contributed by atoms with Crippen molar-refractivity contribution in [2.45, 2.75) is 17.9 Å². The van der Waals surface area contributed by atoms with Gasteiger partial charge in [-0.05, 0) is 12.5 Å². The Kier molecular flexibility index (Phi) is 5.69. The maximum absolute atomic E-state index is 11.6. The molecule has 0 N–H and O–H groups in total. The molecule has 92 valence electrons. The summed E-state index contributed by atoms with van der Waals surface area (Å²) in [4.78, 5) is 21.3. The van der Waals surface area contributed by atoms with E-state index < -0.39 is 16.9 Å². The van der Waals surface area contributed by atoms with Crippen LogP contribution in [0.3, 0.4) is 0 Å². The summed E-state index contributed by atoms with van der Waals surface area (Å²) in [5, 5.41) is 0. The maximum atomic E-state index is 11.6. The molecule has 2 unspecified atom stereocenters. The zero-order valence-corrected chi connectivity index (χ0v) is 10.9. The predicted octanol–water partition coefficient (Wildman–Crippen LogP) is 2.23. The molecule has 0 saturated carbocycles. The van der Waals surface area contributed by atoms with Gasteiger partial charge in [-0.25, -0.2) is 0 Å². The molecule has 0 radical (unpaired) electrons. The summed E-state index contributed by atoms with van der Waals surface area (Å²) in [6, 6.07) is 9.01. The van der Waals surface area contributed by atoms with Crippen molar-refractivity contribution in [2.24, 2.45) is 0 Å². The van der Waals surface area contributed by atoms with Crippen LogP contribution in [0, 0.1) is 0 Å². The molecule has 1 aromatic rings. The van der Waals surface area contributed by atoms with Gasteiger partial charge in [0.1, 0.15) is 6.10 Å². The maximum Gasteiger partial charge on any atom is 0.323 e. The third-order valence-corrected chi connectivity index (χ3v) is 2.96. The number of alkyl halides is 1. The number of hydrogen-bond donors (Lipinski definition) is 0. The standard InChI is InChI=1S/C12H13BrO4/c1-2-16-12(15)10(13)11(17-8-14)9-6-4-3-5-7-9/h3-8,10-11H,2H2,1H3. The van der Waals surface area contributed by atoms with Crippen LogP contribution in [-0.4, -0.2) is 23.9 Å². The van der Waals surface area contributed by atoms with E-state index in [9.17, 15) is 9.59 Å². The van der Waals surface area contributed by atoms with Crippen molar-refractivity contribution < 1.29 is 19.1 Å². The van der Waals surface area contributed by atoms with Crippen molar-refractivity contribution >= 4 is 28.4 Å². The first kappa shape index (κ1) is 13.7. The minimum absolute atomic E-state index is 0.281. The number of rotatable bonds is 6. The Morgan fingerprint density at radius 2 is 2.06 bits per heavy atom. The molecular weight excluding hydrogens is 288 g/mol. The quantitative estimate of drug-likeness (QED) is 0.459. The molecule has 0 aliphatic carbocycles. The first-order valence-electron chi connectivity index (χ1n) is 5.15. The van der Waals surface area contributed by atoms with Crippen LogP contribution in [0.15, 0.2) is 30.3 Å². The number of carbonyl (C=O) groups is 2. The third kappa shape index (κ3) is 3.85. The van der Waals surface area contributed by atoms with Crippen molar-refractivity contribution in [3.05, 3.63) is 35.9 Å². The number of hydrogen-bond acceptors (Lipinski definition) is 4. The van der Waals surface area contributed by atoms with Crippen LogP contribution in [0.25, 0.3) is 0 Å². The number of halogens is 1. The summed E-state index contributed by atoms with van der Waals surface area (Å²) >= 11 is 3.19. The smallest absolute Gasteiger partial charge is 0.323 e. The van der Waals surface area contributed by atoms with Crippen molar-refractivity contribution in [2.75, 3.05) is 6.61 Å². The van der Waals surface area contributed by atoms with E-state index in [2.05, 4.69) is 15.9 Å². The molecule has 4 nitrogen and oxygen atoms in total. The van der Waals surface area contributed by atoms with E-state index in [1.807, 2.05) is 6.07 Å². The molecule has 0 fully saturated rings. The Morgan fingerprint density at radius 3 is 2.59 bits per heavy atom. The molecule has 0 aromatic heterocycles. The van der Waals surface area contributed by atoms with Gasteiger partial charge in [0.2, 0.25) is 0 Å². The normalized spacial score (nSPS) is 13.5. The van der Waals surface area contributed by atoms with Crippen molar-refractivity contribution in [3.63, 3.8) is 0 Å². The van der Waals surface area contributed by atoms with E-state index in [0.29, 0.717) is 6.47 Å². The van der Waals surface area contributed by atoms with Gasteiger partial charge in [0, 0.05) is 0 Å². The molecule has 1 rings (SSSR count). The summed E-state index contributed by atoms with van der Waals surface area (Å²) in [5.41, 5.74) is 0.731. The van der Waals surface area contributed by atoms with Crippen LogP contribution in [0.2, 0.25) is 0 Å². The van der Waals surface area contributed by atoms with E-state index in [1.54, 1.807) is 31.2 Å². The van der Waals surface area contributed by atoms with Crippen molar-refractivity contribution in [3.8, 4) is 0 Å². The van der Waals surface area contributed by atoms with Gasteiger partial charge in [-0.2, -0.15) is 0 Å². The first-order chi connectivity index (χ1) is 8.20. The van der Waals surface area contributed by atoms with Crippen molar-refractivity contribution in [1.29, 1.82) is 0 Å². The minimum atomic E-state index is -0.713. The van der Waals surface area contributed by atoms with Gasteiger partial charge in [0.25, 0.3) is 6.47 Å². The molecule has 0 aliphatic rings. The number of benzene rings is 1. The highest BCUT2D eigenvalue weighted by Crippen LogP contribution is 2.26. The predicted molar refractivity (Wildman–Crippen MR) is 65.7 cm³/mol. The lowest BCUT2D eigenvalue weighted by Gasteiger charge is -2.19. The van der Waals surface area contributed by atoms with Crippen LogP contribution in [0.1, 0.15) is 18.6 Å². The molecule has 0 heterocycles. The van der Waals surface area contributed by atoms with E-state index in [0.717, 1.165) is 5.56 Å². The number of esters is 1. The van der Waals surface area contributed by atoms with Gasteiger partial charge in [-0.3, -0.25) is 9.59 Å². The SMILES string of the molecule is CCOC(=O)C(Br)C(OC=O)c1ccccc1. The van der Waals surface area contributed by atoms with Crippen LogP contribution >= 0.6 is 15.9 Å². The fourth-order valence-electron chi connectivity index (χ4n) is 1.36. The Morgan fingerprint density at radius 1 is 1.41 bits per heavy atom. The van der Waals surface area contributed by atoms with Gasteiger partial charge in [0.05, 0.1) is 6.61 Å². The first-order valence-corrected chi connectivity index (χ1v) is 6.07. The fourth-order valence-corrected chi connectivity index (χ4v) is 1.93. The second kappa shape index (κ2) is 7.06. The second-order valence-corrected chi connectivity index (χ2v) is 4.20. The number of ether oxygens (including phenoxy) is 2. The van der Waals surface area contributed by atoms with Crippen LogP contribution in [-0.2, 0) is 19.1 Å². The van der Waals surface area contributed by atoms with Crippen LogP contribution in [0.4, 0.5) is 0 Å². The van der Waals surface area contributed by atoms with Crippen molar-refractivity contribution in [1.82, 2.24) is 0 Å². The Bertz CT molecular complexity index is 366. The molecule has 0 spiro atoms. The lowest BCUT2D eigenvalue weighted by atomic mass is 10.1. The molecule has 0 aliphatic heterocycles. The minimum Gasteiger partial charge on any atom is -0.465 e. The molecule has 0 saturated heterocycles. The van der Waals surface area contributed by atoms with Crippen LogP contribution < -0.4 is 0 Å². The Hall–Kier alpha value is -1.36.